The molecule has 2 rings (SSSR count). The van der Waals surface area contributed by atoms with Gasteiger partial charge in [-0.2, -0.15) is 0 Å². The molecule has 0 unspecified atom stereocenters. The Balaban J connectivity index is 2.14. The first kappa shape index (κ1) is 14.7. The number of halogens is 1. The minimum absolute atomic E-state index is 0.117. The van der Waals surface area contributed by atoms with Gasteiger partial charge in [0.1, 0.15) is 0 Å². The summed E-state index contributed by atoms with van der Waals surface area (Å²) in [6, 6.07) is 6.79. The average Bonchev–Trinajstić information content (AvgIpc) is 2.61. The molecule has 5 nitrogen and oxygen atoms in total. The van der Waals surface area contributed by atoms with Crippen molar-refractivity contribution in [1.29, 1.82) is 0 Å². The molecular formula is C14H15BrN2O3. The molecule has 1 saturated heterocycles. The Morgan fingerprint density at radius 2 is 1.80 bits per heavy atom. The predicted molar refractivity (Wildman–Crippen MR) is 76.7 cm³/mol. The fourth-order valence-corrected chi connectivity index (χ4v) is 2.47. The van der Waals surface area contributed by atoms with Crippen molar-refractivity contribution in [3.8, 4) is 0 Å². The van der Waals surface area contributed by atoms with Crippen molar-refractivity contribution in [3.63, 3.8) is 0 Å². The molecule has 1 aromatic carbocycles. The highest BCUT2D eigenvalue weighted by molar-refractivity contribution is 9.10. The van der Waals surface area contributed by atoms with E-state index in [-0.39, 0.29) is 6.54 Å². The lowest BCUT2D eigenvalue weighted by molar-refractivity contribution is -0.143. The Labute approximate surface area is 125 Å². The Morgan fingerprint density at radius 3 is 2.45 bits per heavy atom. The van der Waals surface area contributed by atoms with Gasteiger partial charge in [0.15, 0.2) is 0 Å². The van der Waals surface area contributed by atoms with Gasteiger partial charge in [-0.3, -0.25) is 19.4 Å². The van der Waals surface area contributed by atoms with Gasteiger partial charge in [-0.05, 0) is 24.1 Å². The highest BCUT2D eigenvalue weighted by Gasteiger charge is 2.43. The third-order valence-corrected chi connectivity index (χ3v) is 3.59. The first-order chi connectivity index (χ1) is 9.54. The van der Waals surface area contributed by atoms with E-state index >= 15 is 0 Å². The predicted octanol–water partition coefficient (Wildman–Crippen LogP) is 2.54. The van der Waals surface area contributed by atoms with Gasteiger partial charge in [0.05, 0.1) is 6.54 Å². The van der Waals surface area contributed by atoms with Gasteiger partial charge in [-0.25, -0.2) is 4.79 Å². The molecule has 0 spiro atoms. The Kier molecular flexibility index (Phi) is 4.54. The molecular weight excluding hydrogens is 324 g/mol. The molecule has 1 aromatic rings. The van der Waals surface area contributed by atoms with E-state index < -0.39 is 17.8 Å². The zero-order chi connectivity index (χ0) is 14.7. The molecule has 1 aliphatic heterocycles. The third-order valence-electron chi connectivity index (χ3n) is 3.10. The smallest absolute Gasteiger partial charge is 0.263 e. The number of benzene rings is 1. The molecule has 4 amide bonds. The van der Waals surface area contributed by atoms with Gasteiger partial charge < -0.3 is 0 Å². The summed E-state index contributed by atoms with van der Waals surface area (Å²) < 4.78 is 0.864. The van der Waals surface area contributed by atoms with Crippen LogP contribution in [-0.4, -0.2) is 34.2 Å². The maximum atomic E-state index is 12.1. The Morgan fingerprint density at radius 1 is 1.10 bits per heavy atom. The van der Waals surface area contributed by atoms with E-state index in [4.69, 9.17) is 0 Å². The number of unbranched alkanes of at least 4 members (excludes halogenated alkanes) is 1. The SMILES string of the molecule is CCCCN1C(=O)C(=O)N(Cc2cccc(Br)c2)C1=O. The van der Waals surface area contributed by atoms with Crippen LogP contribution < -0.4 is 0 Å². The lowest BCUT2D eigenvalue weighted by Crippen LogP contribution is -2.33. The largest absolute Gasteiger partial charge is 0.334 e. The van der Waals surface area contributed by atoms with Crippen molar-refractivity contribution in [2.45, 2.75) is 26.3 Å². The molecule has 0 N–H and O–H groups in total. The highest BCUT2D eigenvalue weighted by Crippen LogP contribution is 2.18. The van der Waals surface area contributed by atoms with Gasteiger partial charge in [-0.1, -0.05) is 41.4 Å². The monoisotopic (exact) mass is 338 g/mol. The lowest BCUT2D eigenvalue weighted by atomic mass is 10.2. The van der Waals surface area contributed by atoms with Crippen molar-refractivity contribution in [2.24, 2.45) is 0 Å². The van der Waals surface area contributed by atoms with Gasteiger partial charge in [0.25, 0.3) is 0 Å². The summed E-state index contributed by atoms with van der Waals surface area (Å²) in [6.45, 7) is 2.38. The molecule has 6 heteroatoms. The van der Waals surface area contributed by atoms with Crippen molar-refractivity contribution in [1.82, 2.24) is 9.80 Å². The van der Waals surface area contributed by atoms with Gasteiger partial charge >= 0.3 is 17.8 Å². The summed E-state index contributed by atoms with van der Waals surface area (Å²) in [5.41, 5.74) is 0.797. The standard InChI is InChI=1S/C14H15BrN2O3/c1-2-3-7-16-12(18)13(19)17(14(16)20)9-10-5-4-6-11(15)8-10/h4-6,8H,2-3,7,9H2,1H3. The van der Waals surface area contributed by atoms with Crippen LogP contribution in [0.25, 0.3) is 0 Å². The maximum Gasteiger partial charge on any atom is 0.334 e. The topological polar surface area (TPSA) is 57.7 Å². The second kappa shape index (κ2) is 6.17. The normalized spacial score (nSPS) is 15.4. The molecule has 0 aliphatic carbocycles. The number of hydrogen-bond donors (Lipinski definition) is 0. The average molecular weight is 339 g/mol. The van der Waals surface area contributed by atoms with E-state index in [9.17, 15) is 14.4 Å². The van der Waals surface area contributed by atoms with Crippen LogP contribution in [-0.2, 0) is 16.1 Å². The van der Waals surface area contributed by atoms with Crippen molar-refractivity contribution in [3.05, 3.63) is 34.3 Å². The first-order valence-corrected chi connectivity index (χ1v) is 7.25. The quantitative estimate of drug-likeness (QED) is 0.612. The van der Waals surface area contributed by atoms with Crippen LogP contribution in [0.1, 0.15) is 25.3 Å². The summed E-state index contributed by atoms with van der Waals surface area (Å²) >= 11 is 3.33. The van der Waals surface area contributed by atoms with Gasteiger partial charge in [0, 0.05) is 11.0 Å². The fraction of sp³-hybridized carbons (Fsp3) is 0.357. The van der Waals surface area contributed by atoms with Crippen molar-refractivity contribution < 1.29 is 14.4 Å². The number of carbonyl (C=O) groups excluding carboxylic acids is 3. The number of amides is 4. The van der Waals surface area contributed by atoms with Crippen molar-refractivity contribution in [2.75, 3.05) is 6.54 Å². The fourth-order valence-electron chi connectivity index (χ4n) is 2.02. The van der Waals surface area contributed by atoms with E-state index in [0.29, 0.717) is 13.0 Å². The summed E-state index contributed by atoms with van der Waals surface area (Å²) in [5, 5.41) is 0. The number of carbonyl (C=O) groups is 3. The summed E-state index contributed by atoms with van der Waals surface area (Å²) in [4.78, 5) is 37.8. The number of hydrogen-bond acceptors (Lipinski definition) is 3. The highest BCUT2D eigenvalue weighted by atomic mass is 79.9. The van der Waals surface area contributed by atoms with Gasteiger partial charge in [0.2, 0.25) is 0 Å². The van der Waals surface area contributed by atoms with Crippen molar-refractivity contribution >= 4 is 33.8 Å². The van der Waals surface area contributed by atoms with Crippen LogP contribution in [0.3, 0.4) is 0 Å². The first-order valence-electron chi connectivity index (χ1n) is 6.46. The van der Waals surface area contributed by atoms with Crippen LogP contribution in [0.5, 0.6) is 0 Å². The van der Waals surface area contributed by atoms with Crippen LogP contribution >= 0.6 is 15.9 Å². The molecule has 1 heterocycles. The molecule has 1 fully saturated rings. The number of urea groups is 1. The second-order valence-corrected chi connectivity index (χ2v) is 5.53. The molecule has 0 atom stereocenters. The summed E-state index contributed by atoms with van der Waals surface area (Å²) in [5.74, 6) is -1.47. The minimum Gasteiger partial charge on any atom is -0.263 e. The van der Waals surface area contributed by atoms with Crippen LogP contribution in [0.4, 0.5) is 4.79 Å². The third kappa shape index (κ3) is 2.90. The molecule has 0 aromatic heterocycles. The Hall–Kier alpha value is -1.69. The zero-order valence-electron chi connectivity index (χ0n) is 11.1. The van der Waals surface area contributed by atoms with E-state index in [1.54, 1.807) is 0 Å². The van der Waals surface area contributed by atoms with E-state index in [1.807, 2.05) is 31.2 Å². The minimum atomic E-state index is -0.744. The molecule has 0 bridgehead atoms. The number of imide groups is 2. The molecule has 1 aliphatic rings. The van der Waals surface area contributed by atoms with Crippen LogP contribution in [0.2, 0.25) is 0 Å². The van der Waals surface area contributed by atoms with E-state index in [0.717, 1.165) is 26.3 Å². The molecule has 106 valence electrons. The van der Waals surface area contributed by atoms with Crippen LogP contribution in [0, 0.1) is 0 Å². The van der Waals surface area contributed by atoms with E-state index in [2.05, 4.69) is 15.9 Å². The Bertz CT molecular complexity index is 559. The molecule has 0 radical (unpaired) electrons. The molecule has 20 heavy (non-hydrogen) atoms. The molecule has 0 saturated carbocycles. The lowest BCUT2D eigenvalue weighted by Gasteiger charge is -2.15. The second-order valence-electron chi connectivity index (χ2n) is 4.61. The zero-order valence-corrected chi connectivity index (χ0v) is 12.7. The number of nitrogens with zero attached hydrogens (tertiary/aromatic N) is 2. The number of rotatable bonds is 5. The summed E-state index contributed by atoms with van der Waals surface area (Å²) in [6.07, 6.45) is 1.56. The van der Waals surface area contributed by atoms with Crippen LogP contribution in [0.15, 0.2) is 28.7 Å². The summed E-state index contributed by atoms with van der Waals surface area (Å²) in [7, 11) is 0. The van der Waals surface area contributed by atoms with E-state index in [1.165, 1.54) is 0 Å². The van der Waals surface area contributed by atoms with Gasteiger partial charge in [-0.15, -0.1) is 0 Å². The maximum absolute atomic E-state index is 12.1.